The van der Waals surface area contributed by atoms with Crippen molar-refractivity contribution in [3.63, 3.8) is 0 Å². The zero-order chi connectivity index (χ0) is 20.3. The van der Waals surface area contributed by atoms with Gasteiger partial charge in [-0.1, -0.05) is 18.2 Å². The maximum atomic E-state index is 12.6. The van der Waals surface area contributed by atoms with Crippen LogP contribution in [-0.2, 0) is 16.6 Å². The van der Waals surface area contributed by atoms with Crippen molar-refractivity contribution in [2.75, 3.05) is 0 Å². The smallest absolute Gasteiger partial charge is 0.240 e. The highest BCUT2D eigenvalue weighted by molar-refractivity contribution is 7.89. The number of pyridine rings is 2. The van der Waals surface area contributed by atoms with Gasteiger partial charge in [-0.3, -0.25) is 9.97 Å². The molecule has 4 aromatic rings. The fourth-order valence-corrected chi connectivity index (χ4v) is 3.79. The average molecular weight is 406 g/mol. The molecule has 0 aliphatic carbocycles. The Hall–Kier alpha value is -3.36. The topological polar surface area (TPSA) is 98.0 Å². The van der Waals surface area contributed by atoms with E-state index in [0.29, 0.717) is 11.6 Å². The van der Waals surface area contributed by atoms with E-state index in [2.05, 4.69) is 19.7 Å². The van der Waals surface area contributed by atoms with E-state index in [4.69, 9.17) is 4.42 Å². The molecule has 29 heavy (non-hydrogen) atoms. The SMILES string of the molecule is Cc1nc(-c2ccc(S(=O)(=O)NCc3ccc(-c4cccnc4)nc3)cc2)co1. The first-order chi connectivity index (χ1) is 14.0. The van der Waals surface area contributed by atoms with Crippen LogP contribution in [0, 0.1) is 6.92 Å². The number of aromatic nitrogens is 3. The lowest BCUT2D eigenvalue weighted by Gasteiger charge is -2.08. The Morgan fingerprint density at radius 1 is 0.966 bits per heavy atom. The molecule has 0 aliphatic rings. The van der Waals surface area contributed by atoms with Gasteiger partial charge in [0.15, 0.2) is 5.89 Å². The highest BCUT2D eigenvalue weighted by Gasteiger charge is 2.14. The average Bonchev–Trinajstić information content (AvgIpc) is 3.20. The molecule has 0 radical (unpaired) electrons. The highest BCUT2D eigenvalue weighted by atomic mass is 32.2. The quantitative estimate of drug-likeness (QED) is 0.525. The largest absolute Gasteiger partial charge is 0.449 e. The number of nitrogens with one attached hydrogen (secondary N) is 1. The summed E-state index contributed by atoms with van der Waals surface area (Å²) in [6, 6.07) is 13.9. The van der Waals surface area contributed by atoms with Gasteiger partial charge >= 0.3 is 0 Å². The lowest BCUT2D eigenvalue weighted by Crippen LogP contribution is -2.23. The van der Waals surface area contributed by atoms with Crippen molar-refractivity contribution in [2.45, 2.75) is 18.4 Å². The third-order valence-electron chi connectivity index (χ3n) is 4.33. The standard InChI is InChI=1S/C21H18N4O3S/c1-15-25-21(14-28-15)17-5-7-19(8-6-17)29(26,27)24-12-16-4-9-20(23-11-16)18-3-2-10-22-13-18/h2-11,13-14,24H,12H2,1H3. The molecule has 0 saturated carbocycles. The summed E-state index contributed by atoms with van der Waals surface area (Å²) < 4.78 is 32.9. The van der Waals surface area contributed by atoms with Gasteiger partial charge in [-0.05, 0) is 35.9 Å². The zero-order valence-corrected chi connectivity index (χ0v) is 16.4. The molecule has 8 heteroatoms. The van der Waals surface area contributed by atoms with Crippen LogP contribution >= 0.6 is 0 Å². The predicted molar refractivity (Wildman–Crippen MR) is 108 cm³/mol. The van der Waals surface area contributed by atoms with E-state index in [0.717, 1.165) is 22.4 Å². The van der Waals surface area contributed by atoms with Crippen molar-refractivity contribution in [3.8, 4) is 22.5 Å². The van der Waals surface area contributed by atoms with E-state index in [-0.39, 0.29) is 11.4 Å². The maximum Gasteiger partial charge on any atom is 0.240 e. The molecule has 0 amide bonds. The van der Waals surface area contributed by atoms with Gasteiger partial charge in [0.2, 0.25) is 10.0 Å². The molecule has 3 aromatic heterocycles. The van der Waals surface area contributed by atoms with Gasteiger partial charge in [0, 0.05) is 43.2 Å². The van der Waals surface area contributed by atoms with E-state index < -0.39 is 10.0 Å². The first-order valence-electron chi connectivity index (χ1n) is 8.89. The van der Waals surface area contributed by atoms with Gasteiger partial charge in [-0.2, -0.15) is 0 Å². The van der Waals surface area contributed by atoms with Crippen LogP contribution in [0.2, 0.25) is 0 Å². The van der Waals surface area contributed by atoms with Gasteiger partial charge < -0.3 is 4.42 Å². The lowest BCUT2D eigenvalue weighted by atomic mass is 10.1. The normalized spacial score (nSPS) is 11.5. The number of aryl methyl sites for hydroxylation is 1. The number of rotatable bonds is 6. The molecular formula is C21H18N4O3S. The van der Waals surface area contributed by atoms with Gasteiger partial charge in [0.1, 0.15) is 12.0 Å². The summed E-state index contributed by atoms with van der Waals surface area (Å²) in [5.74, 6) is 0.557. The van der Waals surface area contributed by atoms with Gasteiger partial charge in [-0.25, -0.2) is 18.1 Å². The fourth-order valence-electron chi connectivity index (χ4n) is 2.78. The predicted octanol–water partition coefficient (Wildman–Crippen LogP) is 3.59. The number of oxazole rings is 1. The van der Waals surface area contributed by atoms with Crippen LogP contribution in [0.3, 0.4) is 0 Å². The van der Waals surface area contributed by atoms with E-state index in [1.54, 1.807) is 56.0 Å². The second-order valence-electron chi connectivity index (χ2n) is 6.39. The Labute approximate surface area is 168 Å². The van der Waals surface area contributed by atoms with Crippen LogP contribution in [-0.4, -0.2) is 23.4 Å². The Balaban J connectivity index is 1.43. The zero-order valence-electron chi connectivity index (χ0n) is 15.6. The molecule has 146 valence electrons. The molecule has 0 fully saturated rings. The van der Waals surface area contributed by atoms with Crippen LogP contribution in [0.25, 0.3) is 22.5 Å². The van der Waals surface area contributed by atoms with Crippen molar-refractivity contribution < 1.29 is 12.8 Å². The Morgan fingerprint density at radius 2 is 1.79 bits per heavy atom. The first-order valence-corrected chi connectivity index (χ1v) is 10.4. The van der Waals surface area contributed by atoms with Crippen LogP contribution in [0.15, 0.2) is 82.7 Å². The highest BCUT2D eigenvalue weighted by Crippen LogP contribution is 2.21. The van der Waals surface area contributed by atoms with E-state index in [1.807, 2.05) is 24.3 Å². The van der Waals surface area contributed by atoms with Crippen LogP contribution < -0.4 is 4.72 Å². The Bertz CT molecular complexity index is 1200. The molecule has 0 unspecified atom stereocenters. The molecule has 1 aromatic carbocycles. The molecule has 0 spiro atoms. The summed E-state index contributed by atoms with van der Waals surface area (Å²) in [6.45, 7) is 1.90. The number of nitrogens with zero attached hydrogens (tertiary/aromatic N) is 3. The molecule has 3 heterocycles. The second-order valence-corrected chi connectivity index (χ2v) is 8.16. The summed E-state index contributed by atoms with van der Waals surface area (Å²) in [6.07, 6.45) is 6.63. The molecule has 0 atom stereocenters. The third kappa shape index (κ3) is 4.39. The fraction of sp³-hybridized carbons (Fsp3) is 0.0952. The van der Waals surface area contributed by atoms with Gasteiger partial charge in [-0.15, -0.1) is 0 Å². The molecule has 7 nitrogen and oxygen atoms in total. The monoisotopic (exact) mass is 406 g/mol. The second kappa shape index (κ2) is 7.94. The van der Waals surface area contributed by atoms with Crippen molar-refractivity contribution in [2.24, 2.45) is 0 Å². The summed E-state index contributed by atoms with van der Waals surface area (Å²) in [4.78, 5) is 12.9. The Morgan fingerprint density at radius 3 is 2.41 bits per heavy atom. The molecule has 0 aliphatic heterocycles. The molecule has 0 saturated heterocycles. The van der Waals surface area contributed by atoms with Gasteiger partial charge in [0.05, 0.1) is 10.6 Å². The maximum absolute atomic E-state index is 12.6. The van der Waals surface area contributed by atoms with Crippen LogP contribution in [0.4, 0.5) is 0 Å². The van der Waals surface area contributed by atoms with Crippen LogP contribution in [0.5, 0.6) is 0 Å². The Kier molecular flexibility index (Phi) is 5.20. The summed E-state index contributed by atoms with van der Waals surface area (Å²) in [5.41, 5.74) is 3.90. The molecular weight excluding hydrogens is 388 g/mol. The van der Waals surface area contributed by atoms with Crippen LogP contribution in [0.1, 0.15) is 11.5 Å². The first kappa shape index (κ1) is 19.0. The number of hydrogen-bond donors (Lipinski definition) is 1. The number of hydrogen-bond acceptors (Lipinski definition) is 6. The minimum absolute atomic E-state index is 0.146. The minimum atomic E-state index is -3.65. The molecule has 1 N–H and O–H groups in total. The number of sulfonamides is 1. The summed E-state index contributed by atoms with van der Waals surface area (Å²) in [7, 11) is -3.65. The minimum Gasteiger partial charge on any atom is -0.449 e. The third-order valence-corrected chi connectivity index (χ3v) is 5.74. The summed E-state index contributed by atoms with van der Waals surface area (Å²) >= 11 is 0. The van der Waals surface area contributed by atoms with E-state index in [9.17, 15) is 8.42 Å². The van der Waals surface area contributed by atoms with E-state index >= 15 is 0 Å². The number of benzene rings is 1. The van der Waals surface area contributed by atoms with Crippen molar-refractivity contribution >= 4 is 10.0 Å². The van der Waals surface area contributed by atoms with Crippen molar-refractivity contribution in [3.05, 3.63) is 84.8 Å². The molecule has 0 bridgehead atoms. The van der Waals surface area contributed by atoms with Crippen molar-refractivity contribution in [1.82, 2.24) is 19.7 Å². The lowest BCUT2D eigenvalue weighted by molar-refractivity contribution is 0.521. The molecule has 4 rings (SSSR count). The summed E-state index contributed by atoms with van der Waals surface area (Å²) in [5, 5.41) is 0. The van der Waals surface area contributed by atoms with E-state index in [1.165, 1.54) is 0 Å². The van der Waals surface area contributed by atoms with Crippen molar-refractivity contribution in [1.29, 1.82) is 0 Å². The van der Waals surface area contributed by atoms with Gasteiger partial charge in [0.25, 0.3) is 0 Å².